The number of hydroxylamine groups is 1. The number of amides is 1. The van der Waals surface area contributed by atoms with Crippen molar-refractivity contribution in [2.75, 3.05) is 0 Å². The molecule has 0 aromatic heterocycles. The Morgan fingerprint density at radius 1 is 1.64 bits per heavy atom. The highest BCUT2D eigenvalue weighted by Crippen LogP contribution is 2.05. The predicted octanol–water partition coefficient (Wildman–Crippen LogP) is 0.511. The van der Waals surface area contributed by atoms with Gasteiger partial charge >= 0.3 is 0 Å². The van der Waals surface area contributed by atoms with Crippen molar-refractivity contribution >= 4 is 16.0 Å². The molecule has 1 atom stereocenters. The summed E-state index contributed by atoms with van der Waals surface area (Å²) in [4.78, 5) is 10.6. The molecule has 0 fully saturated rings. The van der Waals surface area contributed by atoms with Crippen molar-refractivity contribution < 1.29 is 17.5 Å². The lowest BCUT2D eigenvalue weighted by molar-refractivity contribution is -0.122. The van der Waals surface area contributed by atoms with Crippen LogP contribution in [0.3, 0.4) is 0 Å². The van der Waals surface area contributed by atoms with E-state index in [-0.39, 0.29) is 6.15 Å². The number of nitrogens with one attached hydrogen (secondary N) is 1. The van der Waals surface area contributed by atoms with Crippen LogP contribution in [0.5, 0.6) is 0 Å². The summed E-state index contributed by atoms with van der Waals surface area (Å²) in [5, 5.41) is -0.641. The summed E-state index contributed by atoms with van der Waals surface area (Å²) >= 11 is 0. The molecule has 0 aliphatic carbocycles. The second kappa shape index (κ2) is 6.52. The van der Waals surface area contributed by atoms with Crippen LogP contribution in [0.25, 0.3) is 0 Å². The maximum Gasteiger partial charge on any atom is 0.290 e. The van der Waals surface area contributed by atoms with Crippen LogP contribution in [0.1, 0.15) is 20.3 Å². The Bertz CT molecular complexity index is 286. The third-order valence-corrected chi connectivity index (χ3v) is 3.15. The summed E-state index contributed by atoms with van der Waals surface area (Å²) in [7, 11) is -3.70. The van der Waals surface area contributed by atoms with Gasteiger partial charge in [-0.1, -0.05) is 13.5 Å². The predicted molar refractivity (Wildman–Crippen MR) is 53.1 cm³/mol. The van der Waals surface area contributed by atoms with Crippen molar-refractivity contribution in [3.05, 3.63) is 12.7 Å². The fraction of sp³-hybridized carbons (Fsp3) is 0.571. The largest absolute Gasteiger partial charge is 0.344 e. The highest BCUT2D eigenvalue weighted by molar-refractivity contribution is 7.87. The summed E-state index contributed by atoms with van der Waals surface area (Å²) in [6.45, 7) is 6.34. The molecule has 0 spiro atoms. The molecule has 0 aliphatic rings. The standard InChI is InChI=1S/C7H13NO4S.H3N/c1-4-6(3)13(10,11)12-8-7(9)5-2;/h5-6H,2,4H2,1,3H3,(H,8,9);1H3. The first-order valence-electron chi connectivity index (χ1n) is 3.78. The van der Waals surface area contributed by atoms with E-state index < -0.39 is 21.3 Å². The van der Waals surface area contributed by atoms with Gasteiger partial charge in [0.2, 0.25) is 0 Å². The molecule has 0 radical (unpaired) electrons. The van der Waals surface area contributed by atoms with E-state index in [1.54, 1.807) is 12.4 Å². The van der Waals surface area contributed by atoms with E-state index in [1.165, 1.54) is 6.92 Å². The van der Waals surface area contributed by atoms with E-state index in [0.29, 0.717) is 6.42 Å². The number of carbonyl (C=O) groups excluding carboxylic acids is 1. The molecule has 1 unspecified atom stereocenters. The van der Waals surface area contributed by atoms with Gasteiger partial charge in [0, 0.05) is 0 Å². The molecule has 0 bridgehead atoms. The summed E-state index contributed by atoms with van der Waals surface area (Å²) in [5.41, 5.74) is 1.74. The molecule has 0 aromatic carbocycles. The van der Waals surface area contributed by atoms with E-state index in [4.69, 9.17) is 0 Å². The van der Waals surface area contributed by atoms with Crippen molar-refractivity contribution in [2.45, 2.75) is 25.5 Å². The van der Waals surface area contributed by atoms with Gasteiger partial charge in [0.1, 0.15) is 0 Å². The molecule has 1 amide bonds. The van der Waals surface area contributed by atoms with Gasteiger partial charge in [0.15, 0.2) is 0 Å². The Labute approximate surface area is 84.0 Å². The van der Waals surface area contributed by atoms with Crippen LogP contribution in [0, 0.1) is 0 Å². The fourth-order valence-corrected chi connectivity index (χ4v) is 1.20. The fourth-order valence-electron chi connectivity index (χ4n) is 0.427. The molecular weight excluding hydrogens is 208 g/mol. The van der Waals surface area contributed by atoms with Gasteiger partial charge in [-0.2, -0.15) is 8.42 Å². The van der Waals surface area contributed by atoms with E-state index in [1.807, 2.05) is 0 Å². The van der Waals surface area contributed by atoms with Crippen LogP contribution in [0.15, 0.2) is 12.7 Å². The Kier molecular flexibility index (Phi) is 7.24. The average Bonchev–Trinajstić information content (AvgIpc) is 2.12. The molecule has 0 aliphatic heterocycles. The third kappa shape index (κ3) is 4.95. The lowest BCUT2D eigenvalue weighted by Crippen LogP contribution is -2.30. The number of rotatable bonds is 5. The van der Waals surface area contributed by atoms with Crippen molar-refractivity contribution in [2.24, 2.45) is 0 Å². The normalized spacial score (nSPS) is 12.4. The number of hydrogen-bond donors (Lipinski definition) is 2. The highest BCUT2D eigenvalue weighted by Gasteiger charge is 2.20. The van der Waals surface area contributed by atoms with E-state index in [9.17, 15) is 13.2 Å². The Balaban J connectivity index is 0. The summed E-state index contributed by atoms with van der Waals surface area (Å²) in [6.07, 6.45) is 1.35. The minimum atomic E-state index is -3.70. The van der Waals surface area contributed by atoms with Crippen LogP contribution in [-0.2, 0) is 19.2 Å². The first-order chi connectivity index (χ1) is 5.94. The molecule has 0 saturated carbocycles. The maximum atomic E-state index is 11.1. The lowest BCUT2D eigenvalue weighted by Gasteiger charge is -2.09. The van der Waals surface area contributed by atoms with E-state index in [2.05, 4.69) is 10.9 Å². The van der Waals surface area contributed by atoms with Crippen LogP contribution >= 0.6 is 0 Å². The molecular formula is C7H16N2O4S. The zero-order chi connectivity index (χ0) is 10.5. The Morgan fingerprint density at radius 2 is 2.14 bits per heavy atom. The molecule has 0 rings (SSSR count). The van der Waals surface area contributed by atoms with Crippen molar-refractivity contribution in [1.82, 2.24) is 11.6 Å². The molecule has 0 heterocycles. The van der Waals surface area contributed by atoms with Gasteiger partial charge in [-0.3, -0.25) is 4.79 Å². The molecule has 7 heteroatoms. The second-order valence-electron chi connectivity index (χ2n) is 2.47. The molecule has 0 aromatic rings. The van der Waals surface area contributed by atoms with Crippen LogP contribution in [-0.4, -0.2) is 19.6 Å². The monoisotopic (exact) mass is 224 g/mol. The molecule has 14 heavy (non-hydrogen) atoms. The van der Waals surface area contributed by atoms with Crippen LogP contribution in [0.4, 0.5) is 0 Å². The minimum absolute atomic E-state index is 0. The molecule has 6 nitrogen and oxygen atoms in total. The van der Waals surface area contributed by atoms with Crippen molar-refractivity contribution in [1.29, 1.82) is 0 Å². The van der Waals surface area contributed by atoms with E-state index in [0.717, 1.165) is 6.08 Å². The van der Waals surface area contributed by atoms with Crippen molar-refractivity contribution in [3.63, 3.8) is 0 Å². The summed E-state index contributed by atoms with van der Waals surface area (Å²) in [5.74, 6) is -0.688. The first-order valence-corrected chi connectivity index (χ1v) is 5.25. The van der Waals surface area contributed by atoms with Crippen LogP contribution in [0.2, 0.25) is 0 Å². The smallest absolute Gasteiger partial charge is 0.290 e. The van der Waals surface area contributed by atoms with Gasteiger partial charge in [-0.25, -0.2) is 5.48 Å². The van der Waals surface area contributed by atoms with Gasteiger partial charge in [-0.05, 0) is 19.4 Å². The van der Waals surface area contributed by atoms with Gasteiger partial charge in [0.25, 0.3) is 16.0 Å². The summed E-state index contributed by atoms with van der Waals surface area (Å²) in [6, 6.07) is 0. The average molecular weight is 224 g/mol. The molecule has 84 valence electrons. The van der Waals surface area contributed by atoms with Crippen molar-refractivity contribution in [3.8, 4) is 0 Å². The Morgan fingerprint density at radius 3 is 2.50 bits per heavy atom. The zero-order valence-electron chi connectivity index (χ0n) is 8.32. The quantitative estimate of drug-likeness (QED) is 0.522. The summed E-state index contributed by atoms with van der Waals surface area (Å²) < 4.78 is 26.5. The lowest BCUT2D eigenvalue weighted by atomic mass is 10.4. The van der Waals surface area contributed by atoms with Crippen LogP contribution < -0.4 is 11.6 Å². The minimum Gasteiger partial charge on any atom is -0.344 e. The zero-order valence-corrected chi connectivity index (χ0v) is 9.13. The van der Waals surface area contributed by atoms with Gasteiger partial charge in [-0.15, -0.1) is 4.28 Å². The first kappa shape index (κ1) is 15.5. The van der Waals surface area contributed by atoms with Gasteiger partial charge in [0.05, 0.1) is 5.25 Å². The van der Waals surface area contributed by atoms with Gasteiger partial charge < -0.3 is 6.15 Å². The SMILES string of the molecule is C=CC(=O)NOS(=O)(=O)C(C)CC.N. The third-order valence-electron chi connectivity index (χ3n) is 1.51. The second-order valence-corrected chi connectivity index (χ2v) is 4.42. The molecule has 0 saturated heterocycles. The topological polar surface area (TPSA) is 107 Å². The Hall–Kier alpha value is -0.920. The molecule has 4 N–H and O–H groups in total. The highest BCUT2D eigenvalue weighted by atomic mass is 32.2. The number of hydrogen-bond acceptors (Lipinski definition) is 5. The maximum absolute atomic E-state index is 11.1. The van der Waals surface area contributed by atoms with E-state index >= 15 is 0 Å². The number of carbonyl (C=O) groups is 1.